The molecule has 6 heteroatoms. The fourth-order valence-corrected chi connectivity index (χ4v) is 3.35. The fourth-order valence-electron chi connectivity index (χ4n) is 3.35. The van der Waals surface area contributed by atoms with Crippen molar-refractivity contribution >= 4 is 17.7 Å². The maximum Gasteiger partial charge on any atom is 0.322 e. The molecular weight excluding hydrogens is 347 g/mol. The lowest BCUT2D eigenvalue weighted by Crippen LogP contribution is -2.34. The Morgan fingerprint density at radius 3 is 2.70 bits per heavy atom. The van der Waals surface area contributed by atoms with E-state index in [4.69, 9.17) is 4.74 Å². The van der Waals surface area contributed by atoms with E-state index in [1.807, 2.05) is 6.07 Å². The molecule has 2 aromatic carbocycles. The number of esters is 1. The molecule has 2 amide bonds. The van der Waals surface area contributed by atoms with Crippen LogP contribution in [0.2, 0.25) is 0 Å². The van der Waals surface area contributed by atoms with Crippen LogP contribution in [0.3, 0.4) is 0 Å². The lowest BCUT2D eigenvalue weighted by molar-refractivity contribution is -0.142. The summed E-state index contributed by atoms with van der Waals surface area (Å²) in [7, 11) is 0. The van der Waals surface area contributed by atoms with Gasteiger partial charge in [0.2, 0.25) is 0 Å². The molecule has 0 aromatic heterocycles. The Balaban J connectivity index is 1.63. The third kappa shape index (κ3) is 4.84. The van der Waals surface area contributed by atoms with Gasteiger partial charge in [-0.25, -0.2) is 9.18 Å². The molecule has 1 aliphatic heterocycles. The Morgan fingerprint density at radius 1 is 1.22 bits per heavy atom. The van der Waals surface area contributed by atoms with Gasteiger partial charge in [-0.2, -0.15) is 0 Å². The maximum atomic E-state index is 13.5. The number of nitrogens with one attached hydrogen (secondary N) is 1. The van der Waals surface area contributed by atoms with Crippen LogP contribution in [0.25, 0.3) is 0 Å². The summed E-state index contributed by atoms with van der Waals surface area (Å²) in [6, 6.07) is 13.2. The summed E-state index contributed by atoms with van der Waals surface area (Å²) in [4.78, 5) is 25.9. The minimum atomic E-state index is -0.294. The number of hydrogen-bond donors (Lipinski definition) is 1. The van der Waals surface area contributed by atoms with Crippen LogP contribution >= 0.6 is 0 Å². The van der Waals surface area contributed by atoms with Crippen LogP contribution in [0.1, 0.15) is 36.9 Å². The molecule has 1 heterocycles. The average molecular weight is 370 g/mol. The number of anilines is 1. The fraction of sp³-hybridized carbons (Fsp3) is 0.333. The summed E-state index contributed by atoms with van der Waals surface area (Å²) in [5.74, 6) is -0.568. The molecule has 2 aromatic rings. The average Bonchev–Trinajstić information content (AvgIpc) is 3.13. The number of hydrogen-bond acceptors (Lipinski definition) is 3. The lowest BCUT2D eigenvalue weighted by Gasteiger charge is -2.25. The van der Waals surface area contributed by atoms with Gasteiger partial charge in [-0.1, -0.05) is 24.3 Å². The number of carbonyl (C=O) groups is 2. The second-order valence-corrected chi connectivity index (χ2v) is 6.52. The van der Waals surface area contributed by atoms with Crippen LogP contribution in [0.5, 0.6) is 0 Å². The second-order valence-electron chi connectivity index (χ2n) is 6.52. The second kappa shape index (κ2) is 8.66. The number of halogens is 1. The van der Waals surface area contributed by atoms with Gasteiger partial charge in [0.05, 0.1) is 19.1 Å². The van der Waals surface area contributed by atoms with Crippen molar-refractivity contribution in [2.45, 2.75) is 32.2 Å². The van der Waals surface area contributed by atoms with E-state index in [2.05, 4.69) is 5.32 Å². The minimum absolute atomic E-state index is 0.121. The molecule has 1 N–H and O–H groups in total. The number of carbonyl (C=O) groups excluding carboxylic acids is 2. The van der Waals surface area contributed by atoms with Crippen LogP contribution in [-0.4, -0.2) is 30.1 Å². The van der Waals surface area contributed by atoms with Gasteiger partial charge in [-0.3, -0.25) is 4.79 Å². The molecule has 0 unspecified atom stereocenters. The first-order chi connectivity index (χ1) is 13.1. The summed E-state index contributed by atoms with van der Waals surface area (Å²) in [5.41, 5.74) is 2.29. The Labute approximate surface area is 158 Å². The number of ether oxygens (including phenoxy) is 1. The zero-order chi connectivity index (χ0) is 19.2. The zero-order valence-corrected chi connectivity index (χ0v) is 15.3. The highest BCUT2D eigenvalue weighted by atomic mass is 19.1. The van der Waals surface area contributed by atoms with Crippen LogP contribution in [0, 0.1) is 5.82 Å². The molecule has 0 spiro atoms. The number of urea groups is 1. The normalized spacial score (nSPS) is 16.2. The van der Waals surface area contributed by atoms with E-state index in [-0.39, 0.29) is 30.3 Å². The molecule has 0 saturated carbocycles. The minimum Gasteiger partial charge on any atom is -0.466 e. The number of likely N-dealkylation sites (tertiary alicyclic amines) is 1. The van der Waals surface area contributed by atoms with E-state index in [1.54, 1.807) is 42.2 Å². The predicted octanol–water partition coefficient (Wildman–Crippen LogP) is 4.30. The molecule has 1 saturated heterocycles. The molecule has 1 atom stereocenters. The first-order valence-electron chi connectivity index (χ1n) is 9.14. The predicted molar refractivity (Wildman–Crippen MR) is 101 cm³/mol. The van der Waals surface area contributed by atoms with Gasteiger partial charge in [0.25, 0.3) is 0 Å². The molecule has 0 radical (unpaired) electrons. The van der Waals surface area contributed by atoms with E-state index in [0.29, 0.717) is 18.8 Å². The first kappa shape index (κ1) is 18.9. The van der Waals surface area contributed by atoms with Crippen LogP contribution in [-0.2, 0) is 16.0 Å². The van der Waals surface area contributed by atoms with Gasteiger partial charge in [0, 0.05) is 12.2 Å². The topological polar surface area (TPSA) is 58.6 Å². The largest absolute Gasteiger partial charge is 0.466 e. The van der Waals surface area contributed by atoms with Crippen molar-refractivity contribution in [3.63, 3.8) is 0 Å². The van der Waals surface area contributed by atoms with Crippen LogP contribution < -0.4 is 5.32 Å². The van der Waals surface area contributed by atoms with E-state index < -0.39 is 0 Å². The summed E-state index contributed by atoms with van der Waals surface area (Å²) >= 11 is 0. The Hall–Kier alpha value is -2.89. The molecule has 3 rings (SSSR count). The van der Waals surface area contributed by atoms with E-state index in [9.17, 15) is 14.0 Å². The van der Waals surface area contributed by atoms with Gasteiger partial charge >= 0.3 is 12.0 Å². The van der Waals surface area contributed by atoms with Gasteiger partial charge in [-0.15, -0.1) is 0 Å². The SMILES string of the molecule is CCOC(=O)Cc1ccc(NC(=O)N2CCC[C@@H]2c2cccc(F)c2)cc1. The highest BCUT2D eigenvalue weighted by Crippen LogP contribution is 2.32. The maximum absolute atomic E-state index is 13.5. The number of rotatable bonds is 5. The number of nitrogens with zero attached hydrogens (tertiary/aromatic N) is 1. The van der Waals surface area contributed by atoms with Gasteiger partial charge in [0.1, 0.15) is 5.82 Å². The monoisotopic (exact) mass is 370 g/mol. The van der Waals surface area contributed by atoms with E-state index in [0.717, 1.165) is 24.0 Å². The van der Waals surface area contributed by atoms with Crippen LogP contribution in [0.15, 0.2) is 48.5 Å². The van der Waals surface area contributed by atoms with Crippen molar-refractivity contribution in [2.24, 2.45) is 0 Å². The van der Waals surface area contributed by atoms with Crippen molar-refractivity contribution in [2.75, 3.05) is 18.5 Å². The Bertz CT molecular complexity index is 807. The van der Waals surface area contributed by atoms with E-state index in [1.165, 1.54) is 12.1 Å². The van der Waals surface area contributed by atoms with Crippen molar-refractivity contribution in [1.82, 2.24) is 4.90 Å². The van der Waals surface area contributed by atoms with Gasteiger partial charge in [-0.05, 0) is 55.2 Å². The highest BCUT2D eigenvalue weighted by Gasteiger charge is 2.30. The standard InChI is InChI=1S/C21H23FN2O3/c1-2-27-20(25)13-15-8-10-18(11-9-15)23-21(26)24-12-4-7-19(24)16-5-3-6-17(22)14-16/h3,5-6,8-11,14,19H,2,4,7,12-13H2,1H3,(H,23,26)/t19-/m1/s1. The Morgan fingerprint density at radius 2 is 2.00 bits per heavy atom. The van der Waals surface area contributed by atoms with Crippen molar-refractivity contribution < 1.29 is 18.7 Å². The summed E-state index contributed by atoms with van der Waals surface area (Å²) in [5, 5.41) is 2.88. The number of benzene rings is 2. The van der Waals surface area contributed by atoms with Gasteiger partial charge in [0.15, 0.2) is 0 Å². The van der Waals surface area contributed by atoms with E-state index >= 15 is 0 Å². The molecule has 142 valence electrons. The number of amides is 2. The molecule has 0 bridgehead atoms. The lowest BCUT2D eigenvalue weighted by atomic mass is 10.0. The summed E-state index contributed by atoms with van der Waals surface area (Å²) in [6.45, 7) is 2.76. The molecule has 1 fully saturated rings. The molecule has 1 aliphatic rings. The smallest absolute Gasteiger partial charge is 0.322 e. The van der Waals surface area contributed by atoms with Crippen molar-refractivity contribution in [3.8, 4) is 0 Å². The Kier molecular flexibility index (Phi) is 6.06. The van der Waals surface area contributed by atoms with Gasteiger partial charge < -0.3 is 15.0 Å². The third-order valence-corrected chi connectivity index (χ3v) is 4.61. The molecule has 27 heavy (non-hydrogen) atoms. The summed E-state index contributed by atoms with van der Waals surface area (Å²) in [6.07, 6.45) is 1.90. The molecule has 5 nitrogen and oxygen atoms in total. The molecular formula is C21H23FN2O3. The summed E-state index contributed by atoms with van der Waals surface area (Å²) < 4.78 is 18.4. The first-order valence-corrected chi connectivity index (χ1v) is 9.14. The zero-order valence-electron chi connectivity index (χ0n) is 15.3. The highest BCUT2D eigenvalue weighted by molar-refractivity contribution is 5.90. The molecule has 0 aliphatic carbocycles. The van der Waals surface area contributed by atoms with Crippen LogP contribution in [0.4, 0.5) is 14.9 Å². The quantitative estimate of drug-likeness (QED) is 0.799. The van der Waals surface area contributed by atoms with Crippen molar-refractivity contribution in [3.05, 3.63) is 65.5 Å². The third-order valence-electron chi connectivity index (χ3n) is 4.61. The van der Waals surface area contributed by atoms with Crippen molar-refractivity contribution in [1.29, 1.82) is 0 Å².